The summed E-state index contributed by atoms with van der Waals surface area (Å²) in [6.45, 7) is 16.6. The Morgan fingerprint density at radius 1 is 0.621 bits per heavy atom. The van der Waals surface area contributed by atoms with E-state index in [0.717, 1.165) is 13.1 Å². The van der Waals surface area contributed by atoms with Gasteiger partial charge in [0.25, 0.3) is 0 Å². The van der Waals surface area contributed by atoms with Gasteiger partial charge in [-0.2, -0.15) is 0 Å². The average Bonchev–Trinajstić information content (AvgIpc) is 2.73. The van der Waals surface area contributed by atoms with E-state index < -0.39 is 0 Å². The second-order valence-electron chi connectivity index (χ2n) is 10.0. The molecule has 0 fully saturated rings. The first-order valence-corrected chi connectivity index (χ1v) is 11.6. The van der Waals surface area contributed by atoms with E-state index in [1.54, 1.807) is 0 Å². The van der Waals surface area contributed by atoms with Crippen molar-refractivity contribution in [1.29, 1.82) is 0 Å². The lowest BCUT2D eigenvalue weighted by molar-refractivity contribution is 0.309. The fourth-order valence-corrected chi connectivity index (χ4v) is 4.22. The van der Waals surface area contributed by atoms with Gasteiger partial charge in [0.05, 0.1) is 0 Å². The molecule has 0 aliphatic heterocycles. The van der Waals surface area contributed by atoms with Gasteiger partial charge in [0, 0.05) is 0 Å². The summed E-state index contributed by atoms with van der Waals surface area (Å²) in [6.07, 6.45) is 5.05. The maximum atomic E-state index is 3.68. The lowest BCUT2D eigenvalue weighted by atomic mass is 9.72. The van der Waals surface area contributed by atoms with Crippen molar-refractivity contribution >= 4 is 0 Å². The minimum Gasteiger partial charge on any atom is -0.317 e. The maximum absolute atomic E-state index is 3.68. The van der Waals surface area contributed by atoms with Gasteiger partial charge in [-0.25, -0.2) is 0 Å². The monoisotopic (exact) mass is 393 g/mol. The van der Waals surface area contributed by atoms with E-state index in [1.165, 1.54) is 36.8 Å². The van der Waals surface area contributed by atoms with Crippen molar-refractivity contribution in [2.45, 2.75) is 78.1 Å². The molecule has 1 heteroatoms. The van der Waals surface area contributed by atoms with Gasteiger partial charge in [0.15, 0.2) is 0 Å². The summed E-state index contributed by atoms with van der Waals surface area (Å²) in [6, 6.07) is 21.9. The summed E-state index contributed by atoms with van der Waals surface area (Å²) in [4.78, 5) is 0. The van der Waals surface area contributed by atoms with Crippen LogP contribution in [0.3, 0.4) is 0 Å². The molecule has 2 aromatic carbocycles. The highest BCUT2D eigenvalue weighted by Gasteiger charge is 2.28. The summed E-state index contributed by atoms with van der Waals surface area (Å²) in [7, 11) is 0. The Balaban J connectivity index is 1.64. The van der Waals surface area contributed by atoms with Crippen LogP contribution < -0.4 is 5.32 Å². The van der Waals surface area contributed by atoms with Crippen LogP contribution in [0.1, 0.15) is 78.4 Å². The SMILES string of the molecule is CC(CCCNCCCC(C)C(C)(C)c1ccccc1)C(C)(C)c1ccccc1. The third kappa shape index (κ3) is 6.71. The molecule has 2 unspecified atom stereocenters. The predicted octanol–water partition coefficient (Wildman–Crippen LogP) is 7.36. The van der Waals surface area contributed by atoms with Crippen LogP contribution in [0, 0.1) is 11.8 Å². The normalized spacial score (nSPS) is 14.6. The Hall–Kier alpha value is -1.60. The molecule has 0 saturated carbocycles. The zero-order valence-corrected chi connectivity index (χ0v) is 19.7. The molecule has 0 aliphatic carbocycles. The molecular formula is C28H43N. The van der Waals surface area contributed by atoms with E-state index in [2.05, 4.69) is 108 Å². The molecule has 1 N–H and O–H groups in total. The van der Waals surface area contributed by atoms with Crippen molar-refractivity contribution in [3.05, 3.63) is 71.8 Å². The zero-order chi connectivity index (χ0) is 21.3. The second-order valence-corrected chi connectivity index (χ2v) is 10.0. The van der Waals surface area contributed by atoms with Crippen molar-refractivity contribution in [2.75, 3.05) is 13.1 Å². The van der Waals surface area contributed by atoms with E-state index in [4.69, 9.17) is 0 Å². The van der Waals surface area contributed by atoms with Crippen molar-refractivity contribution in [3.63, 3.8) is 0 Å². The van der Waals surface area contributed by atoms with Gasteiger partial charge in [-0.15, -0.1) is 0 Å². The first-order chi connectivity index (χ1) is 13.8. The third-order valence-electron chi connectivity index (χ3n) is 7.48. The van der Waals surface area contributed by atoms with E-state index in [-0.39, 0.29) is 10.8 Å². The lowest BCUT2D eigenvalue weighted by Crippen LogP contribution is -2.28. The molecule has 0 radical (unpaired) electrons. The zero-order valence-electron chi connectivity index (χ0n) is 19.7. The molecule has 0 aliphatic rings. The van der Waals surface area contributed by atoms with Crippen LogP contribution in [0.4, 0.5) is 0 Å². The molecule has 0 amide bonds. The summed E-state index contributed by atoms with van der Waals surface area (Å²) in [5.41, 5.74) is 3.38. The lowest BCUT2D eigenvalue weighted by Gasteiger charge is -2.33. The minimum absolute atomic E-state index is 0.236. The van der Waals surface area contributed by atoms with Gasteiger partial charge in [-0.1, -0.05) is 102 Å². The highest BCUT2D eigenvalue weighted by Crippen LogP contribution is 2.35. The largest absolute Gasteiger partial charge is 0.317 e. The maximum Gasteiger partial charge on any atom is -0.00488 e. The fourth-order valence-electron chi connectivity index (χ4n) is 4.22. The van der Waals surface area contributed by atoms with Crippen LogP contribution in [-0.2, 0) is 10.8 Å². The predicted molar refractivity (Wildman–Crippen MR) is 129 cm³/mol. The molecule has 29 heavy (non-hydrogen) atoms. The molecule has 2 atom stereocenters. The number of hydrogen-bond donors (Lipinski definition) is 1. The van der Waals surface area contributed by atoms with Crippen LogP contribution in [0.15, 0.2) is 60.7 Å². The first-order valence-electron chi connectivity index (χ1n) is 11.6. The Kier molecular flexibility index (Phi) is 8.96. The van der Waals surface area contributed by atoms with E-state index >= 15 is 0 Å². The minimum atomic E-state index is 0.236. The van der Waals surface area contributed by atoms with Crippen LogP contribution in [-0.4, -0.2) is 13.1 Å². The average molecular weight is 394 g/mol. The highest BCUT2D eigenvalue weighted by molar-refractivity contribution is 5.25. The van der Waals surface area contributed by atoms with E-state index in [0.29, 0.717) is 11.8 Å². The number of hydrogen-bond acceptors (Lipinski definition) is 1. The van der Waals surface area contributed by atoms with Gasteiger partial charge in [-0.05, 0) is 72.6 Å². The Morgan fingerprint density at radius 2 is 0.966 bits per heavy atom. The Bertz CT molecular complexity index is 625. The van der Waals surface area contributed by atoms with Crippen molar-refractivity contribution in [1.82, 2.24) is 5.32 Å². The molecule has 2 rings (SSSR count). The van der Waals surface area contributed by atoms with Gasteiger partial charge < -0.3 is 5.32 Å². The molecular weight excluding hydrogens is 350 g/mol. The number of nitrogens with one attached hydrogen (secondary N) is 1. The molecule has 160 valence electrons. The molecule has 0 aromatic heterocycles. The van der Waals surface area contributed by atoms with Crippen molar-refractivity contribution < 1.29 is 0 Å². The topological polar surface area (TPSA) is 12.0 Å². The standard InChI is InChI=1S/C28H43N/c1-23(27(3,4)25-17-9-7-10-18-25)15-13-21-29-22-14-16-24(2)28(5,6)26-19-11-8-12-20-26/h7-12,17-20,23-24,29H,13-16,21-22H2,1-6H3. The molecule has 1 nitrogen and oxygen atoms in total. The van der Waals surface area contributed by atoms with Gasteiger partial charge in [0.2, 0.25) is 0 Å². The quantitative estimate of drug-likeness (QED) is 0.371. The van der Waals surface area contributed by atoms with Gasteiger partial charge >= 0.3 is 0 Å². The van der Waals surface area contributed by atoms with E-state index in [1.807, 2.05) is 0 Å². The van der Waals surface area contributed by atoms with Gasteiger partial charge in [0.1, 0.15) is 0 Å². The molecule has 0 heterocycles. The second kappa shape index (κ2) is 11.0. The first kappa shape index (κ1) is 23.7. The van der Waals surface area contributed by atoms with Crippen molar-refractivity contribution in [2.24, 2.45) is 11.8 Å². The van der Waals surface area contributed by atoms with E-state index in [9.17, 15) is 0 Å². The smallest absolute Gasteiger partial charge is 0.00488 e. The van der Waals surface area contributed by atoms with Gasteiger partial charge in [-0.3, -0.25) is 0 Å². The number of benzene rings is 2. The van der Waals surface area contributed by atoms with Crippen molar-refractivity contribution in [3.8, 4) is 0 Å². The Morgan fingerprint density at radius 3 is 1.31 bits per heavy atom. The summed E-state index contributed by atoms with van der Waals surface area (Å²) in [5, 5.41) is 3.68. The fraction of sp³-hybridized carbons (Fsp3) is 0.571. The molecule has 0 spiro atoms. The third-order valence-corrected chi connectivity index (χ3v) is 7.48. The number of rotatable bonds is 12. The van der Waals surface area contributed by atoms with Crippen LogP contribution in [0.5, 0.6) is 0 Å². The molecule has 0 saturated heterocycles. The van der Waals surface area contributed by atoms with Crippen LogP contribution >= 0.6 is 0 Å². The summed E-state index contributed by atoms with van der Waals surface area (Å²) < 4.78 is 0. The van der Waals surface area contributed by atoms with Crippen LogP contribution in [0.2, 0.25) is 0 Å². The highest BCUT2D eigenvalue weighted by atomic mass is 14.8. The summed E-state index contributed by atoms with van der Waals surface area (Å²) in [5.74, 6) is 1.36. The van der Waals surface area contributed by atoms with Crippen LogP contribution in [0.25, 0.3) is 0 Å². The molecule has 2 aromatic rings. The Labute approximate surface area is 180 Å². The summed E-state index contributed by atoms with van der Waals surface area (Å²) >= 11 is 0. The molecule has 0 bridgehead atoms.